The Morgan fingerprint density at radius 3 is 2.58 bits per heavy atom. The van der Waals surface area contributed by atoms with Gasteiger partial charge in [0.05, 0.1) is 23.1 Å². The van der Waals surface area contributed by atoms with Crippen LogP contribution in [-0.2, 0) is 4.74 Å². The minimum absolute atomic E-state index is 0.113. The number of allylic oxidation sites excluding steroid dienone is 3. The molecule has 1 unspecified atom stereocenters. The van der Waals surface area contributed by atoms with Gasteiger partial charge in [0.25, 0.3) is 0 Å². The van der Waals surface area contributed by atoms with Crippen molar-refractivity contribution in [3.05, 3.63) is 52.1 Å². The number of nitrogen functional groups attached to an aromatic ring is 1. The van der Waals surface area contributed by atoms with Crippen molar-refractivity contribution in [2.24, 2.45) is 0 Å². The number of nitrogens with two attached hydrogens (primary N) is 1. The molecule has 0 saturated carbocycles. The maximum atomic E-state index is 14.0. The van der Waals surface area contributed by atoms with Gasteiger partial charge in [0.1, 0.15) is 17.5 Å². The Labute approximate surface area is 195 Å². The van der Waals surface area contributed by atoms with Crippen molar-refractivity contribution in [1.82, 2.24) is 9.97 Å². The third kappa shape index (κ3) is 5.00. The molecule has 2 N–H and O–H groups in total. The van der Waals surface area contributed by atoms with Crippen LogP contribution in [0.4, 0.5) is 16.0 Å². The van der Waals surface area contributed by atoms with Crippen molar-refractivity contribution in [3.8, 4) is 11.1 Å². The summed E-state index contributed by atoms with van der Waals surface area (Å²) < 4.78 is 19.4. The van der Waals surface area contributed by atoms with E-state index in [0.29, 0.717) is 36.1 Å². The Morgan fingerprint density at radius 1 is 1.13 bits per heavy atom. The molecule has 1 aliphatic carbocycles. The van der Waals surface area contributed by atoms with Crippen LogP contribution in [0.3, 0.4) is 0 Å². The maximum absolute atomic E-state index is 14.0. The highest BCUT2D eigenvalue weighted by molar-refractivity contribution is 8.00. The van der Waals surface area contributed by atoms with Crippen LogP contribution in [0.2, 0.25) is 0 Å². The van der Waals surface area contributed by atoms with Gasteiger partial charge in [0.2, 0.25) is 0 Å². The number of rotatable bonds is 5. The van der Waals surface area contributed by atoms with E-state index >= 15 is 0 Å². The first-order valence-electron chi connectivity index (χ1n) is 10.1. The number of anilines is 2. The zero-order valence-corrected chi connectivity index (χ0v) is 19.4. The third-order valence-corrected chi connectivity index (χ3v) is 7.31. The van der Waals surface area contributed by atoms with E-state index in [1.54, 1.807) is 6.20 Å². The fourth-order valence-electron chi connectivity index (χ4n) is 3.62. The topological polar surface area (TPSA) is 64.3 Å². The van der Waals surface area contributed by atoms with Gasteiger partial charge < -0.3 is 15.4 Å². The summed E-state index contributed by atoms with van der Waals surface area (Å²) in [6, 6.07) is 6.00. The van der Waals surface area contributed by atoms with Gasteiger partial charge in [-0.2, -0.15) is 0 Å². The van der Waals surface area contributed by atoms with E-state index in [0.717, 1.165) is 34.9 Å². The lowest BCUT2D eigenvalue weighted by Gasteiger charge is -2.27. The molecule has 164 valence electrons. The number of morpholine rings is 1. The average molecular weight is 481 g/mol. The molecule has 2 aromatic heterocycles. The van der Waals surface area contributed by atoms with E-state index < -0.39 is 0 Å². The molecule has 0 aromatic carbocycles. The van der Waals surface area contributed by atoms with E-state index in [2.05, 4.69) is 14.9 Å². The molecule has 4 rings (SSSR count). The molecule has 31 heavy (non-hydrogen) atoms. The number of pyridine rings is 2. The summed E-state index contributed by atoms with van der Waals surface area (Å²) in [5.74, 6) is 1.02. The summed E-state index contributed by atoms with van der Waals surface area (Å²) in [5.41, 5.74) is 8.60. The molecule has 2 aromatic rings. The molecule has 0 bridgehead atoms. The molecule has 0 spiro atoms. The molecule has 2 aliphatic rings. The molecule has 1 atom stereocenters. The average Bonchev–Trinajstić information content (AvgIpc) is 2.79. The van der Waals surface area contributed by atoms with Gasteiger partial charge in [-0.1, -0.05) is 23.2 Å². The molecule has 1 saturated heterocycles. The molecular weight excluding hydrogens is 458 g/mol. The predicted octanol–water partition coefficient (Wildman–Crippen LogP) is 5.75. The first kappa shape index (κ1) is 22.4. The van der Waals surface area contributed by atoms with Crippen LogP contribution in [0.15, 0.2) is 57.0 Å². The molecule has 1 fully saturated rings. The van der Waals surface area contributed by atoms with Crippen LogP contribution in [0.25, 0.3) is 11.1 Å². The minimum atomic E-state index is -0.320. The summed E-state index contributed by atoms with van der Waals surface area (Å²) in [5, 5.41) is 0.533. The molecule has 5 nitrogen and oxygen atoms in total. The first-order valence-corrected chi connectivity index (χ1v) is 11.7. The molecule has 3 heterocycles. The predicted molar refractivity (Wildman–Crippen MR) is 126 cm³/mol. The lowest BCUT2D eigenvalue weighted by Crippen LogP contribution is -2.36. The van der Waals surface area contributed by atoms with E-state index in [4.69, 9.17) is 33.7 Å². The van der Waals surface area contributed by atoms with E-state index in [1.165, 1.54) is 11.8 Å². The van der Waals surface area contributed by atoms with Crippen molar-refractivity contribution in [3.63, 3.8) is 0 Å². The fourth-order valence-corrected chi connectivity index (χ4v) is 5.65. The smallest absolute Gasteiger partial charge is 0.137 e. The number of hydrogen-bond donors (Lipinski definition) is 1. The zero-order chi connectivity index (χ0) is 22.0. The Bertz CT molecular complexity index is 1020. The largest absolute Gasteiger partial charge is 0.383 e. The normalized spacial score (nSPS) is 18.5. The van der Waals surface area contributed by atoms with Crippen LogP contribution >= 0.6 is 35.0 Å². The highest BCUT2D eigenvalue weighted by atomic mass is 35.5. The van der Waals surface area contributed by atoms with Crippen molar-refractivity contribution in [1.29, 1.82) is 0 Å². The number of thioether (sulfide) groups is 1. The van der Waals surface area contributed by atoms with Gasteiger partial charge in [0.15, 0.2) is 0 Å². The third-order valence-electron chi connectivity index (χ3n) is 5.34. The molecule has 0 amide bonds. The first-order chi connectivity index (χ1) is 14.9. The number of ether oxygens (including phenoxy) is 1. The Hall–Kier alpha value is -1.80. The second-order valence-electron chi connectivity index (χ2n) is 7.41. The van der Waals surface area contributed by atoms with Crippen LogP contribution in [0.1, 0.15) is 19.8 Å². The molecular formula is C22H23Cl2FN4OS. The number of nitrogens with zero attached hydrogens (tertiary/aromatic N) is 3. The van der Waals surface area contributed by atoms with Crippen molar-refractivity contribution < 1.29 is 9.13 Å². The number of halogens is 3. The number of aromatic nitrogens is 2. The molecule has 0 radical (unpaired) electrons. The van der Waals surface area contributed by atoms with Gasteiger partial charge in [-0.05, 0) is 31.5 Å². The summed E-state index contributed by atoms with van der Waals surface area (Å²) in [6.45, 7) is 5.05. The van der Waals surface area contributed by atoms with E-state index in [1.807, 2.05) is 31.3 Å². The highest BCUT2D eigenvalue weighted by Crippen LogP contribution is 2.43. The lowest BCUT2D eigenvalue weighted by molar-refractivity contribution is 0.122. The van der Waals surface area contributed by atoms with Gasteiger partial charge >= 0.3 is 0 Å². The van der Waals surface area contributed by atoms with Crippen LogP contribution in [0, 0.1) is 0 Å². The van der Waals surface area contributed by atoms with Crippen molar-refractivity contribution in [2.45, 2.75) is 29.9 Å². The maximum Gasteiger partial charge on any atom is 0.137 e. The monoisotopic (exact) mass is 480 g/mol. The summed E-state index contributed by atoms with van der Waals surface area (Å²) in [4.78, 5) is 12.0. The van der Waals surface area contributed by atoms with Crippen LogP contribution in [0.5, 0.6) is 0 Å². The Morgan fingerprint density at radius 2 is 1.87 bits per heavy atom. The van der Waals surface area contributed by atoms with Gasteiger partial charge in [0, 0.05) is 58.9 Å². The van der Waals surface area contributed by atoms with Crippen molar-refractivity contribution in [2.75, 3.05) is 36.9 Å². The summed E-state index contributed by atoms with van der Waals surface area (Å²) >= 11 is 14.0. The standard InChI is InChI=1S/C22H23Cl2FN4OS/c1-13(20-16(23)3-4-17(25)21(20)24)31-18-10-15(12-28-22(18)26)14-2-5-19(27-11-14)29-6-8-30-9-7-29/h2,5,10-13H,3-4,6-9H2,1H3,(H2,26,28). The van der Waals surface area contributed by atoms with E-state index in [9.17, 15) is 4.39 Å². The van der Waals surface area contributed by atoms with Gasteiger partial charge in [-0.25, -0.2) is 14.4 Å². The molecule has 1 aliphatic heterocycles. The minimum Gasteiger partial charge on any atom is -0.383 e. The summed E-state index contributed by atoms with van der Waals surface area (Å²) in [6.07, 6.45) is 4.27. The lowest BCUT2D eigenvalue weighted by atomic mass is 10.0. The van der Waals surface area contributed by atoms with Gasteiger partial charge in [-0.3, -0.25) is 0 Å². The summed E-state index contributed by atoms with van der Waals surface area (Å²) in [7, 11) is 0. The second-order valence-corrected chi connectivity index (χ2v) is 9.63. The second kappa shape index (κ2) is 9.77. The van der Waals surface area contributed by atoms with Crippen LogP contribution < -0.4 is 10.6 Å². The quantitative estimate of drug-likeness (QED) is 0.549. The Kier molecular flexibility index (Phi) is 7.06. The number of hydrogen-bond acceptors (Lipinski definition) is 6. The fraction of sp³-hybridized carbons (Fsp3) is 0.364. The van der Waals surface area contributed by atoms with Crippen molar-refractivity contribution >= 4 is 46.6 Å². The zero-order valence-electron chi connectivity index (χ0n) is 17.1. The van der Waals surface area contributed by atoms with Gasteiger partial charge in [-0.15, -0.1) is 11.8 Å². The SMILES string of the molecule is CC(Sc1cc(-c2ccc(N3CCOCC3)nc2)cnc1N)C1=C(Cl)CCC(F)=C1Cl. The molecule has 9 heteroatoms. The van der Waals surface area contributed by atoms with E-state index in [-0.39, 0.29) is 22.5 Å². The van der Waals surface area contributed by atoms with Crippen LogP contribution in [-0.4, -0.2) is 41.5 Å². The Balaban J connectivity index is 1.55. The highest BCUT2D eigenvalue weighted by Gasteiger charge is 2.25.